The number of carbonyl (C=O) groups is 1. The minimum Gasteiger partial charge on any atom is -0.486 e. The van der Waals surface area contributed by atoms with E-state index in [1.54, 1.807) is 0 Å². The van der Waals surface area contributed by atoms with Gasteiger partial charge in [-0.25, -0.2) is 9.97 Å². The number of para-hydroxylation sites is 2. The van der Waals surface area contributed by atoms with Crippen LogP contribution in [0.3, 0.4) is 0 Å². The second-order valence-electron chi connectivity index (χ2n) is 8.97. The molecular weight excluding hydrogens is 416 g/mol. The van der Waals surface area contributed by atoms with E-state index in [0.29, 0.717) is 13.2 Å². The van der Waals surface area contributed by atoms with Gasteiger partial charge in [0.15, 0.2) is 11.5 Å². The summed E-state index contributed by atoms with van der Waals surface area (Å²) in [4.78, 5) is 24.4. The minimum atomic E-state index is -0.0426. The third kappa shape index (κ3) is 4.72. The van der Waals surface area contributed by atoms with E-state index in [1.807, 2.05) is 31.2 Å². The molecule has 1 fully saturated rings. The highest BCUT2D eigenvalue weighted by molar-refractivity contribution is 5.82. The lowest BCUT2D eigenvalue weighted by Gasteiger charge is -2.32. The monoisotopic (exact) mass is 446 g/mol. The van der Waals surface area contributed by atoms with Gasteiger partial charge < -0.3 is 19.7 Å². The van der Waals surface area contributed by atoms with Gasteiger partial charge in [0, 0.05) is 37.4 Å². The van der Waals surface area contributed by atoms with E-state index in [1.165, 1.54) is 5.56 Å². The fourth-order valence-electron chi connectivity index (χ4n) is 4.57. The van der Waals surface area contributed by atoms with Crippen molar-refractivity contribution >= 4 is 22.8 Å². The van der Waals surface area contributed by atoms with Crippen LogP contribution in [0.25, 0.3) is 10.9 Å². The number of fused-ring (bicyclic) bond motifs is 2. The maximum absolute atomic E-state index is 12.7. The Labute approximate surface area is 194 Å². The zero-order valence-electron chi connectivity index (χ0n) is 19.2. The molecule has 172 valence electrons. The summed E-state index contributed by atoms with van der Waals surface area (Å²) in [5.41, 5.74) is 3.16. The van der Waals surface area contributed by atoms with Gasteiger partial charge in [-0.1, -0.05) is 24.3 Å². The van der Waals surface area contributed by atoms with Crippen LogP contribution < -0.4 is 19.7 Å². The quantitative estimate of drug-likeness (QED) is 0.642. The van der Waals surface area contributed by atoms with Gasteiger partial charge in [0.1, 0.15) is 12.7 Å². The molecule has 33 heavy (non-hydrogen) atoms. The standard InChI is InChI=1S/C26H30N4O3/c1-17-7-8-21-18(2)28-26(29-22(21)15-17)30-13-10-19(11-14-30)25(31)27-12-9-20-16-32-23-5-3-4-6-24(23)33-20/h3-8,15,19-20H,9-14,16H2,1-2H3,(H,27,31)/t20-/m0/s1. The van der Waals surface area contributed by atoms with Crippen LogP contribution in [0.1, 0.15) is 30.5 Å². The normalized spacial score (nSPS) is 18.4. The molecule has 0 saturated carbocycles. The number of aromatic nitrogens is 2. The van der Waals surface area contributed by atoms with E-state index in [0.717, 1.165) is 66.4 Å². The Bertz CT molecular complexity index is 1160. The second kappa shape index (κ2) is 9.25. The SMILES string of the molecule is Cc1ccc2c(C)nc(N3CCC(C(=O)NCC[C@H]4COc5ccccc5O4)CC3)nc2c1. The number of piperidine rings is 1. The molecule has 2 aromatic carbocycles. The van der Waals surface area contributed by atoms with E-state index in [4.69, 9.17) is 19.4 Å². The molecule has 1 aromatic heterocycles. The topological polar surface area (TPSA) is 76.6 Å². The van der Waals surface area contributed by atoms with Gasteiger partial charge in [-0.15, -0.1) is 0 Å². The van der Waals surface area contributed by atoms with Crippen molar-refractivity contribution in [3.05, 3.63) is 53.7 Å². The lowest BCUT2D eigenvalue weighted by molar-refractivity contribution is -0.125. The summed E-state index contributed by atoms with van der Waals surface area (Å²) in [7, 11) is 0. The highest BCUT2D eigenvalue weighted by Gasteiger charge is 2.27. The maximum Gasteiger partial charge on any atom is 0.226 e. The van der Waals surface area contributed by atoms with Crippen LogP contribution in [0.15, 0.2) is 42.5 Å². The number of aryl methyl sites for hydroxylation is 2. The summed E-state index contributed by atoms with van der Waals surface area (Å²) in [5.74, 6) is 2.46. The zero-order valence-corrected chi connectivity index (χ0v) is 19.2. The van der Waals surface area contributed by atoms with Crippen LogP contribution in [0.2, 0.25) is 0 Å². The van der Waals surface area contributed by atoms with Crippen molar-refractivity contribution in [3.8, 4) is 11.5 Å². The zero-order chi connectivity index (χ0) is 22.8. The van der Waals surface area contributed by atoms with Crippen LogP contribution in [0, 0.1) is 19.8 Å². The molecule has 0 radical (unpaired) electrons. The Morgan fingerprint density at radius 1 is 1.09 bits per heavy atom. The summed E-state index contributed by atoms with van der Waals surface area (Å²) in [5, 5.41) is 4.19. The summed E-state index contributed by atoms with van der Waals surface area (Å²) in [6, 6.07) is 14.0. The predicted octanol–water partition coefficient (Wildman–Crippen LogP) is 3.81. The molecule has 3 heterocycles. The molecule has 0 aliphatic carbocycles. The number of anilines is 1. The Morgan fingerprint density at radius 3 is 2.70 bits per heavy atom. The number of hydrogen-bond donors (Lipinski definition) is 1. The molecule has 0 unspecified atom stereocenters. The Kier molecular flexibility index (Phi) is 6.03. The van der Waals surface area contributed by atoms with Crippen LogP contribution in [-0.4, -0.2) is 48.2 Å². The maximum atomic E-state index is 12.7. The van der Waals surface area contributed by atoms with Gasteiger partial charge in [-0.3, -0.25) is 4.79 Å². The molecule has 5 rings (SSSR count). The van der Waals surface area contributed by atoms with Crippen molar-refractivity contribution < 1.29 is 14.3 Å². The lowest BCUT2D eigenvalue weighted by atomic mass is 9.96. The van der Waals surface area contributed by atoms with Gasteiger partial charge in [0.25, 0.3) is 0 Å². The molecule has 7 nitrogen and oxygen atoms in total. The first-order chi connectivity index (χ1) is 16.1. The molecular formula is C26H30N4O3. The first-order valence-corrected chi connectivity index (χ1v) is 11.7. The summed E-state index contributed by atoms with van der Waals surface area (Å²) in [6.07, 6.45) is 2.29. The molecule has 2 aliphatic heterocycles. The van der Waals surface area contributed by atoms with E-state index >= 15 is 0 Å². The summed E-state index contributed by atoms with van der Waals surface area (Å²) < 4.78 is 11.7. The molecule has 0 bridgehead atoms. The molecule has 1 N–H and O–H groups in total. The fourth-order valence-corrected chi connectivity index (χ4v) is 4.57. The van der Waals surface area contributed by atoms with Crippen LogP contribution in [0.5, 0.6) is 11.5 Å². The highest BCUT2D eigenvalue weighted by atomic mass is 16.6. The van der Waals surface area contributed by atoms with Crippen molar-refractivity contribution in [2.45, 2.75) is 39.2 Å². The second-order valence-corrected chi connectivity index (χ2v) is 8.97. The first-order valence-electron chi connectivity index (χ1n) is 11.7. The largest absolute Gasteiger partial charge is 0.486 e. The number of carbonyl (C=O) groups excluding carboxylic acids is 1. The molecule has 1 atom stereocenters. The van der Waals surface area contributed by atoms with Crippen molar-refractivity contribution in [2.75, 3.05) is 31.1 Å². The van der Waals surface area contributed by atoms with Crippen molar-refractivity contribution in [1.29, 1.82) is 0 Å². The first kappa shape index (κ1) is 21.5. The van der Waals surface area contributed by atoms with E-state index in [9.17, 15) is 4.79 Å². The number of ether oxygens (including phenoxy) is 2. The number of rotatable bonds is 5. The molecule has 7 heteroatoms. The summed E-state index contributed by atoms with van der Waals surface area (Å²) in [6.45, 7) is 6.77. The number of nitrogens with one attached hydrogen (secondary N) is 1. The van der Waals surface area contributed by atoms with Crippen LogP contribution >= 0.6 is 0 Å². The number of amides is 1. The molecule has 1 amide bonds. The Hall–Kier alpha value is -3.35. The highest BCUT2D eigenvalue weighted by Crippen LogP contribution is 2.31. The van der Waals surface area contributed by atoms with E-state index in [2.05, 4.69) is 35.3 Å². The van der Waals surface area contributed by atoms with Gasteiger partial charge in [-0.2, -0.15) is 0 Å². The van der Waals surface area contributed by atoms with Gasteiger partial charge >= 0.3 is 0 Å². The predicted molar refractivity (Wildman–Crippen MR) is 128 cm³/mol. The third-order valence-electron chi connectivity index (χ3n) is 6.51. The molecule has 3 aromatic rings. The fraction of sp³-hybridized carbons (Fsp3) is 0.423. The minimum absolute atomic E-state index is 0.0225. The average molecular weight is 447 g/mol. The van der Waals surface area contributed by atoms with E-state index in [-0.39, 0.29) is 17.9 Å². The number of hydrogen-bond acceptors (Lipinski definition) is 6. The Morgan fingerprint density at radius 2 is 1.88 bits per heavy atom. The molecule has 1 saturated heterocycles. The van der Waals surface area contributed by atoms with Crippen molar-refractivity contribution in [1.82, 2.24) is 15.3 Å². The van der Waals surface area contributed by atoms with E-state index < -0.39 is 0 Å². The van der Waals surface area contributed by atoms with Crippen LogP contribution in [-0.2, 0) is 4.79 Å². The van der Waals surface area contributed by atoms with Crippen LogP contribution in [0.4, 0.5) is 5.95 Å². The van der Waals surface area contributed by atoms with Crippen molar-refractivity contribution in [3.63, 3.8) is 0 Å². The Balaban J connectivity index is 1.11. The van der Waals surface area contributed by atoms with Gasteiger partial charge in [0.2, 0.25) is 11.9 Å². The summed E-state index contributed by atoms with van der Waals surface area (Å²) >= 11 is 0. The molecule has 0 spiro atoms. The smallest absolute Gasteiger partial charge is 0.226 e. The number of benzene rings is 2. The van der Waals surface area contributed by atoms with Crippen molar-refractivity contribution in [2.24, 2.45) is 5.92 Å². The van der Waals surface area contributed by atoms with Gasteiger partial charge in [-0.05, 0) is 50.5 Å². The van der Waals surface area contributed by atoms with Gasteiger partial charge in [0.05, 0.1) is 11.2 Å². The molecule has 2 aliphatic rings. The average Bonchev–Trinajstić information content (AvgIpc) is 2.83. The number of nitrogens with zero attached hydrogens (tertiary/aromatic N) is 3. The third-order valence-corrected chi connectivity index (χ3v) is 6.51. The lowest BCUT2D eigenvalue weighted by Crippen LogP contribution is -2.42.